The van der Waals surface area contributed by atoms with Gasteiger partial charge in [-0.3, -0.25) is 4.79 Å². The molecule has 6 heteroatoms. The third-order valence-electron chi connectivity index (χ3n) is 4.59. The fourth-order valence-electron chi connectivity index (χ4n) is 3.10. The zero-order valence-electron chi connectivity index (χ0n) is 13.8. The van der Waals surface area contributed by atoms with Crippen LogP contribution in [0.25, 0.3) is 11.4 Å². The minimum absolute atomic E-state index is 0.0555. The van der Waals surface area contributed by atoms with E-state index in [4.69, 9.17) is 16.1 Å². The van der Waals surface area contributed by atoms with E-state index in [1.807, 2.05) is 12.1 Å². The Morgan fingerprint density at radius 1 is 1.29 bits per heavy atom. The van der Waals surface area contributed by atoms with Crippen molar-refractivity contribution in [2.45, 2.75) is 51.5 Å². The molecule has 24 heavy (non-hydrogen) atoms. The highest BCUT2D eigenvalue weighted by Crippen LogP contribution is 2.24. The first kappa shape index (κ1) is 17.0. The van der Waals surface area contributed by atoms with Crippen molar-refractivity contribution in [3.05, 3.63) is 35.2 Å². The number of rotatable bonds is 5. The summed E-state index contributed by atoms with van der Waals surface area (Å²) in [5.41, 5.74) is 0.842. The Morgan fingerprint density at radius 2 is 2.04 bits per heavy atom. The van der Waals surface area contributed by atoms with Gasteiger partial charge in [0.2, 0.25) is 17.6 Å². The van der Waals surface area contributed by atoms with E-state index in [-0.39, 0.29) is 5.91 Å². The van der Waals surface area contributed by atoms with E-state index in [9.17, 15) is 4.79 Å². The molecule has 1 saturated carbocycles. The molecule has 1 N–H and O–H groups in total. The molecular formula is C18H22ClN3O2. The van der Waals surface area contributed by atoms with Gasteiger partial charge in [0.05, 0.1) is 0 Å². The first-order chi connectivity index (χ1) is 11.6. The maximum absolute atomic E-state index is 12.1. The first-order valence-corrected chi connectivity index (χ1v) is 8.87. The van der Waals surface area contributed by atoms with Crippen LogP contribution in [0, 0.1) is 5.92 Å². The van der Waals surface area contributed by atoms with Gasteiger partial charge in [-0.15, -0.1) is 0 Å². The Kier molecular flexibility index (Phi) is 5.51. The highest BCUT2D eigenvalue weighted by molar-refractivity contribution is 6.30. The maximum atomic E-state index is 12.1. The summed E-state index contributed by atoms with van der Waals surface area (Å²) in [5, 5.41) is 7.76. The Morgan fingerprint density at radius 3 is 2.79 bits per heavy atom. The topological polar surface area (TPSA) is 68.0 Å². The Balaban J connectivity index is 1.51. The smallest absolute Gasteiger partial charge is 0.227 e. The molecule has 1 aliphatic rings. The molecule has 5 nitrogen and oxygen atoms in total. The van der Waals surface area contributed by atoms with Crippen molar-refractivity contribution < 1.29 is 9.32 Å². The molecule has 0 saturated heterocycles. The largest absolute Gasteiger partial charge is 0.353 e. The van der Waals surface area contributed by atoms with Crippen LogP contribution in [0.2, 0.25) is 5.02 Å². The zero-order valence-corrected chi connectivity index (χ0v) is 14.6. The van der Waals surface area contributed by atoms with Crippen molar-refractivity contribution in [3.63, 3.8) is 0 Å². The first-order valence-electron chi connectivity index (χ1n) is 8.49. The number of hydrogen-bond acceptors (Lipinski definition) is 4. The molecule has 0 unspecified atom stereocenters. The van der Waals surface area contributed by atoms with E-state index < -0.39 is 0 Å². The van der Waals surface area contributed by atoms with Crippen molar-refractivity contribution in [2.24, 2.45) is 5.92 Å². The molecule has 0 radical (unpaired) electrons. The van der Waals surface area contributed by atoms with E-state index in [1.54, 1.807) is 12.1 Å². The number of halogens is 1. The fourth-order valence-corrected chi connectivity index (χ4v) is 3.23. The number of nitrogens with zero attached hydrogens (tertiary/aromatic N) is 2. The van der Waals surface area contributed by atoms with Crippen LogP contribution in [0.15, 0.2) is 28.8 Å². The standard InChI is InChI=1S/C18H22ClN3O2/c1-12-4-2-3-5-15(12)20-16(23)10-11-17-21-18(22-24-17)13-6-8-14(19)9-7-13/h6-9,12,15H,2-5,10-11H2,1H3,(H,20,23)/t12-,15-/m1/s1. The van der Waals surface area contributed by atoms with Crippen molar-refractivity contribution in [1.29, 1.82) is 0 Å². The molecule has 1 fully saturated rings. The monoisotopic (exact) mass is 347 g/mol. The van der Waals surface area contributed by atoms with Crippen molar-refractivity contribution in [1.82, 2.24) is 15.5 Å². The van der Waals surface area contributed by atoms with Crippen LogP contribution in [0.4, 0.5) is 0 Å². The normalized spacial score (nSPS) is 20.8. The minimum atomic E-state index is 0.0555. The summed E-state index contributed by atoms with van der Waals surface area (Å²) in [6.45, 7) is 2.21. The SMILES string of the molecule is C[C@@H]1CCCC[C@H]1NC(=O)CCc1nc(-c2ccc(Cl)cc2)no1. The summed E-state index contributed by atoms with van der Waals surface area (Å²) in [6.07, 6.45) is 5.55. The number of benzene rings is 1. The van der Waals surface area contributed by atoms with Gasteiger partial charge in [0.1, 0.15) is 0 Å². The second-order valence-electron chi connectivity index (χ2n) is 6.45. The van der Waals surface area contributed by atoms with E-state index in [0.717, 1.165) is 12.0 Å². The Labute approximate surface area is 146 Å². The molecule has 0 spiro atoms. The zero-order chi connectivity index (χ0) is 16.9. The van der Waals surface area contributed by atoms with E-state index in [0.29, 0.717) is 41.5 Å². The number of carbonyl (C=O) groups is 1. The molecule has 1 aliphatic carbocycles. The Hall–Kier alpha value is -1.88. The number of hydrogen-bond donors (Lipinski definition) is 1. The summed E-state index contributed by atoms with van der Waals surface area (Å²) in [7, 11) is 0. The molecule has 3 rings (SSSR count). The quantitative estimate of drug-likeness (QED) is 0.887. The van der Waals surface area contributed by atoms with Gasteiger partial charge in [-0.05, 0) is 43.0 Å². The molecule has 2 atom stereocenters. The highest BCUT2D eigenvalue weighted by atomic mass is 35.5. The Bertz CT molecular complexity index is 684. The lowest BCUT2D eigenvalue weighted by Crippen LogP contribution is -2.41. The summed E-state index contributed by atoms with van der Waals surface area (Å²) >= 11 is 5.87. The molecule has 0 bridgehead atoms. The molecule has 1 aromatic carbocycles. The second kappa shape index (κ2) is 7.79. The lowest BCUT2D eigenvalue weighted by atomic mass is 9.86. The molecular weight excluding hydrogens is 326 g/mol. The molecule has 0 aliphatic heterocycles. The van der Waals surface area contributed by atoms with Crippen LogP contribution in [-0.2, 0) is 11.2 Å². The number of carbonyl (C=O) groups excluding carboxylic acids is 1. The van der Waals surface area contributed by atoms with Gasteiger partial charge in [-0.2, -0.15) is 4.98 Å². The van der Waals surface area contributed by atoms with Crippen molar-refractivity contribution in [2.75, 3.05) is 0 Å². The summed E-state index contributed by atoms with van der Waals surface area (Å²) in [6, 6.07) is 7.55. The van der Waals surface area contributed by atoms with Gasteiger partial charge in [0.25, 0.3) is 0 Å². The highest BCUT2D eigenvalue weighted by Gasteiger charge is 2.22. The fraction of sp³-hybridized carbons (Fsp3) is 0.500. The van der Waals surface area contributed by atoms with Gasteiger partial charge in [0, 0.05) is 29.5 Å². The lowest BCUT2D eigenvalue weighted by Gasteiger charge is -2.29. The number of nitrogens with one attached hydrogen (secondary N) is 1. The predicted octanol–water partition coefficient (Wildman–Crippen LogP) is 4.02. The van der Waals surface area contributed by atoms with E-state index in [2.05, 4.69) is 22.4 Å². The summed E-state index contributed by atoms with van der Waals surface area (Å²) in [4.78, 5) is 16.5. The molecule has 1 amide bonds. The van der Waals surface area contributed by atoms with Crippen LogP contribution in [0.1, 0.15) is 44.9 Å². The second-order valence-corrected chi connectivity index (χ2v) is 6.89. The molecule has 1 aromatic heterocycles. The number of aromatic nitrogens is 2. The van der Waals surface area contributed by atoms with Crippen LogP contribution >= 0.6 is 11.6 Å². The van der Waals surface area contributed by atoms with Crippen LogP contribution in [0.3, 0.4) is 0 Å². The van der Waals surface area contributed by atoms with Gasteiger partial charge in [-0.1, -0.05) is 36.5 Å². The van der Waals surface area contributed by atoms with Crippen LogP contribution in [-0.4, -0.2) is 22.1 Å². The summed E-state index contributed by atoms with van der Waals surface area (Å²) < 4.78 is 5.24. The molecule has 128 valence electrons. The van der Waals surface area contributed by atoms with Gasteiger partial charge in [-0.25, -0.2) is 0 Å². The third kappa shape index (κ3) is 4.35. The number of amides is 1. The minimum Gasteiger partial charge on any atom is -0.353 e. The average Bonchev–Trinajstić information content (AvgIpc) is 3.05. The van der Waals surface area contributed by atoms with E-state index >= 15 is 0 Å². The van der Waals surface area contributed by atoms with Crippen molar-refractivity contribution in [3.8, 4) is 11.4 Å². The van der Waals surface area contributed by atoms with Gasteiger partial charge >= 0.3 is 0 Å². The van der Waals surface area contributed by atoms with Crippen molar-refractivity contribution >= 4 is 17.5 Å². The average molecular weight is 348 g/mol. The van der Waals surface area contributed by atoms with Gasteiger partial charge in [0.15, 0.2) is 0 Å². The maximum Gasteiger partial charge on any atom is 0.227 e. The summed E-state index contributed by atoms with van der Waals surface area (Å²) in [5.74, 6) is 1.61. The number of aryl methyl sites for hydroxylation is 1. The molecule has 1 heterocycles. The molecule has 2 aromatic rings. The van der Waals surface area contributed by atoms with Crippen LogP contribution in [0.5, 0.6) is 0 Å². The third-order valence-corrected chi connectivity index (χ3v) is 4.85. The predicted molar refractivity (Wildman–Crippen MR) is 92.6 cm³/mol. The van der Waals surface area contributed by atoms with Gasteiger partial charge < -0.3 is 9.84 Å². The van der Waals surface area contributed by atoms with E-state index in [1.165, 1.54) is 19.3 Å². The lowest BCUT2D eigenvalue weighted by molar-refractivity contribution is -0.122. The van der Waals surface area contributed by atoms with Crippen LogP contribution < -0.4 is 5.32 Å².